The quantitative estimate of drug-likeness (QED) is 0.283. The summed E-state index contributed by atoms with van der Waals surface area (Å²) >= 11 is 13.0. The van der Waals surface area contributed by atoms with Crippen LogP contribution in [0.5, 0.6) is 0 Å². The molecule has 0 aliphatic heterocycles. The van der Waals surface area contributed by atoms with Gasteiger partial charge in [-0.1, -0.05) is 63.7 Å². The number of alkyl halides is 4. The SMILES string of the molecule is O=C(/C=C/C(=O)OCC(Br)CBr)OCC(Br)CBr. The van der Waals surface area contributed by atoms with E-state index in [9.17, 15) is 9.59 Å². The number of hydrogen-bond acceptors (Lipinski definition) is 4. The van der Waals surface area contributed by atoms with Crippen molar-refractivity contribution in [3.63, 3.8) is 0 Å². The van der Waals surface area contributed by atoms with Crippen molar-refractivity contribution in [2.24, 2.45) is 0 Å². The van der Waals surface area contributed by atoms with Crippen LogP contribution in [0.2, 0.25) is 0 Å². The first-order chi connectivity index (χ1) is 8.49. The molecule has 0 saturated heterocycles. The van der Waals surface area contributed by atoms with Crippen molar-refractivity contribution >= 4 is 75.7 Å². The molecule has 0 saturated carbocycles. The largest absolute Gasteiger partial charge is 0.461 e. The van der Waals surface area contributed by atoms with E-state index in [2.05, 4.69) is 63.7 Å². The summed E-state index contributed by atoms with van der Waals surface area (Å²) in [5.41, 5.74) is 0. The molecular formula is C10H12Br4O4. The molecule has 0 aromatic rings. The van der Waals surface area contributed by atoms with Crippen molar-refractivity contribution in [3.8, 4) is 0 Å². The highest BCUT2D eigenvalue weighted by molar-refractivity contribution is 9.12. The van der Waals surface area contributed by atoms with Crippen molar-refractivity contribution in [2.45, 2.75) is 9.65 Å². The summed E-state index contributed by atoms with van der Waals surface area (Å²) in [6, 6.07) is 0. The molecule has 0 rings (SSSR count). The van der Waals surface area contributed by atoms with Crippen LogP contribution in [0.3, 0.4) is 0 Å². The molecule has 0 amide bonds. The fourth-order valence-electron chi connectivity index (χ4n) is 0.667. The van der Waals surface area contributed by atoms with Gasteiger partial charge in [-0.05, 0) is 0 Å². The molecule has 2 atom stereocenters. The summed E-state index contributed by atoms with van der Waals surface area (Å²) in [5, 5.41) is 1.34. The number of hydrogen-bond donors (Lipinski definition) is 0. The molecule has 2 unspecified atom stereocenters. The smallest absolute Gasteiger partial charge is 0.331 e. The lowest BCUT2D eigenvalue weighted by molar-refractivity contribution is -0.140. The van der Waals surface area contributed by atoms with Crippen molar-refractivity contribution in [1.29, 1.82) is 0 Å². The molecule has 104 valence electrons. The molecule has 8 heteroatoms. The first-order valence-electron chi connectivity index (χ1n) is 4.91. The van der Waals surface area contributed by atoms with Gasteiger partial charge in [0.05, 0.1) is 9.65 Å². The number of esters is 2. The Bertz CT molecular complexity index is 268. The van der Waals surface area contributed by atoms with Crippen LogP contribution in [0.4, 0.5) is 0 Å². The third kappa shape index (κ3) is 10.5. The molecule has 0 aliphatic carbocycles. The van der Waals surface area contributed by atoms with E-state index in [0.29, 0.717) is 10.7 Å². The normalized spacial score (nSPS) is 14.2. The Balaban J connectivity index is 3.85. The summed E-state index contributed by atoms with van der Waals surface area (Å²) < 4.78 is 9.73. The van der Waals surface area contributed by atoms with Gasteiger partial charge in [-0.25, -0.2) is 9.59 Å². The van der Waals surface area contributed by atoms with E-state index in [1.807, 2.05) is 0 Å². The van der Waals surface area contributed by atoms with Gasteiger partial charge in [0, 0.05) is 22.8 Å². The molecule has 0 fully saturated rings. The lowest BCUT2D eigenvalue weighted by atomic mass is 10.5. The number of halogens is 4. The fourth-order valence-corrected chi connectivity index (χ4v) is 1.30. The number of carbonyl (C=O) groups is 2. The van der Waals surface area contributed by atoms with Crippen molar-refractivity contribution < 1.29 is 19.1 Å². The lowest BCUT2D eigenvalue weighted by Crippen LogP contribution is -2.15. The van der Waals surface area contributed by atoms with Crippen LogP contribution in [-0.2, 0) is 19.1 Å². The second-order valence-electron chi connectivity index (χ2n) is 3.10. The minimum atomic E-state index is -0.576. The molecule has 0 aromatic carbocycles. The summed E-state index contributed by atoms with van der Waals surface area (Å²) in [4.78, 5) is 22.5. The Morgan fingerprint density at radius 2 is 1.22 bits per heavy atom. The zero-order chi connectivity index (χ0) is 14.0. The van der Waals surface area contributed by atoms with E-state index in [1.165, 1.54) is 0 Å². The van der Waals surface area contributed by atoms with Crippen LogP contribution in [0.1, 0.15) is 0 Å². The van der Waals surface area contributed by atoms with Gasteiger partial charge >= 0.3 is 11.9 Å². The van der Waals surface area contributed by atoms with Crippen molar-refractivity contribution in [3.05, 3.63) is 12.2 Å². The summed E-state index contributed by atoms with van der Waals surface area (Å²) in [7, 11) is 0. The van der Waals surface area contributed by atoms with Gasteiger partial charge < -0.3 is 9.47 Å². The van der Waals surface area contributed by atoms with E-state index in [-0.39, 0.29) is 22.9 Å². The Hall–Kier alpha value is 0.600. The zero-order valence-corrected chi connectivity index (χ0v) is 15.6. The highest BCUT2D eigenvalue weighted by atomic mass is 79.9. The highest BCUT2D eigenvalue weighted by Gasteiger charge is 2.07. The number of ether oxygens (including phenoxy) is 2. The van der Waals surface area contributed by atoms with E-state index in [4.69, 9.17) is 9.47 Å². The standard InChI is InChI=1S/C10H12Br4O4/c11-3-7(13)5-17-9(15)1-2-10(16)18-6-8(14)4-12/h1-2,7-8H,3-6H2/b2-1+. The van der Waals surface area contributed by atoms with Crippen molar-refractivity contribution in [1.82, 2.24) is 0 Å². The number of rotatable bonds is 8. The minimum Gasteiger partial charge on any atom is -0.461 e. The predicted molar refractivity (Wildman–Crippen MR) is 84.1 cm³/mol. The highest BCUT2D eigenvalue weighted by Crippen LogP contribution is 2.05. The molecule has 0 spiro atoms. The summed E-state index contributed by atoms with van der Waals surface area (Å²) in [6.07, 6.45) is 2.10. The molecule has 18 heavy (non-hydrogen) atoms. The molecule has 0 radical (unpaired) electrons. The monoisotopic (exact) mass is 512 g/mol. The first kappa shape index (κ1) is 18.6. The second kappa shape index (κ2) is 11.4. The van der Waals surface area contributed by atoms with Crippen LogP contribution in [-0.4, -0.2) is 45.5 Å². The van der Waals surface area contributed by atoms with Gasteiger partial charge in [-0.2, -0.15) is 0 Å². The fraction of sp³-hybridized carbons (Fsp3) is 0.600. The Morgan fingerprint density at radius 3 is 1.50 bits per heavy atom. The van der Waals surface area contributed by atoms with Gasteiger partial charge in [0.1, 0.15) is 13.2 Å². The van der Waals surface area contributed by atoms with E-state index >= 15 is 0 Å². The Kier molecular flexibility index (Phi) is 11.8. The van der Waals surface area contributed by atoms with Crippen LogP contribution in [0.25, 0.3) is 0 Å². The molecule has 0 heterocycles. The Morgan fingerprint density at radius 1 is 0.889 bits per heavy atom. The van der Waals surface area contributed by atoms with Gasteiger partial charge in [-0.3, -0.25) is 0 Å². The van der Waals surface area contributed by atoms with Gasteiger partial charge in [0.15, 0.2) is 0 Å². The van der Waals surface area contributed by atoms with Crippen LogP contribution < -0.4 is 0 Å². The number of carbonyl (C=O) groups excluding carboxylic acids is 2. The zero-order valence-electron chi connectivity index (χ0n) is 9.28. The minimum absolute atomic E-state index is 0.0508. The molecule has 0 bridgehead atoms. The van der Waals surface area contributed by atoms with Crippen LogP contribution in [0, 0.1) is 0 Å². The average molecular weight is 516 g/mol. The maximum Gasteiger partial charge on any atom is 0.331 e. The van der Waals surface area contributed by atoms with E-state index in [1.54, 1.807) is 0 Å². The third-order valence-corrected chi connectivity index (χ3v) is 5.98. The van der Waals surface area contributed by atoms with Gasteiger partial charge in [0.2, 0.25) is 0 Å². The maximum atomic E-state index is 11.2. The lowest BCUT2D eigenvalue weighted by Gasteiger charge is -2.06. The Labute approximate surface area is 139 Å². The topological polar surface area (TPSA) is 52.6 Å². The van der Waals surface area contributed by atoms with Crippen molar-refractivity contribution in [2.75, 3.05) is 23.9 Å². The molecule has 0 aromatic heterocycles. The molecule has 4 nitrogen and oxygen atoms in total. The molecule has 0 N–H and O–H groups in total. The van der Waals surface area contributed by atoms with E-state index in [0.717, 1.165) is 12.2 Å². The summed E-state index contributed by atoms with van der Waals surface area (Å²) in [6.45, 7) is 0.465. The third-order valence-electron chi connectivity index (χ3n) is 1.50. The van der Waals surface area contributed by atoms with Gasteiger partial charge in [-0.15, -0.1) is 0 Å². The second-order valence-corrected chi connectivity index (χ2v) is 6.98. The van der Waals surface area contributed by atoms with Gasteiger partial charge in [0.25, 0.3) is 0 Å². The molecular weight excluding hydrogens is 504 g/mol. The van der Waals surface area contributed by atoms with Crippen LogP contribution in [0.15, 0.2) is 12.2 Å². The van der Waals surface area contributed by atoms with Crippen LogP contribution >= 0.6 is 63.7 Å². The summed E-state index contributed by atoms with van der Waals surface area (Å²) in [5.74, 6) is -1.15. The van der Waals surface area contributed by atoms with E-state index < -0.39 is 11.9 Å². The maximum absolute atomic E-state index is 11.2. The first-order valence-corrected chi connectivity index (χ1v) is 8.98. The molecule has 0 aliphatic rings. The average Bonchev–Trinajstić information content (AvgIpc) is 2.39. The predicted octanol–water partition coefficient (Wildman–Crippen LogP) is 2.95.